The molecule has 0 aliphatic carbocycles. The molecule has 0 bridgehead atoms. The van der Waals surface area contributed by atoms with Gasteiger partial charge in [-0.15, -0.1) is 0 Å². The minimum Gasteiger partial charge on any atom is -0.354 e. The van der Waals surface area contributed by atoms with Gasteiger partial charge in [-0.25, -0.2) is 4.98 Å². The van der Waals surface area contributed by atoms with Crippen molar-refractivity contribution >= 4 is 21.7 Å². The first-order valence-corrected chi connectivity index (χ1v) is 7.21. The Morgan fingerprint density at radius 1 is 1.38 bits per heavy atom. The molecular formula is C13H19BrN2. The highest BCUT2D eigenvalue weighted by Gasteiger charge is 2.17. The minimum absolute atomic E-state index is 0.629. The van der Waals surface area contributed by atoms with Crippen LogP contribution in [0.15, 0.2) is 18.3 Å². The first-order valence-electron chi connectivity index (χ1n) is 6.09. The van der Waals surface area contributed by atoms with Crippen molar-refractivity contribution in [1.82, 2.24) is 4.98 Å². The number of rotatable bonds is 2. The SMILES string of the molecule is CC1CCCCCN1c1ccc(CBr)cn1. The normalized spacial score (nSPS) is 21.9. The maximum atomic E-state index is 4.56. The van der Waals surface area contributed by atoms with E-state index in [1.165, 1.54) is 31.2 Å². The summed E-state index contributed by atoms with van der Waals surface area (Å²) in [7, 11) is 0. The quantitative estimate of drug-likeness (QED) is 0.768. The Morgan fingerprint density at radius 2 is 2.25 bits per heavy atom. The maximum Gasteiger partial charge on any atom is 0.128 e. The van der Waals surface area contributed by atoms with Gasteiger partial charge in [-0.2, -0.15) is 0 Å². The molecule has 0 spiro atoms. The van der Waals surface area contributed by atoms with Crippen LogP contribution in [0.5, 0.6) is 0 Å². The lowest BCUT2D eigenvalue weighted by atomic mass is 10.1. The molecular weight excluding hydrogens is 264 g/mol. The number of anilines is 1. The summed E-state index contributed by atoms with van der Waals surface area (Å²) in [6.45, 7) is 3.47. The molecule has 1 atom stereocenters. The van der Waals surface area contributed by atoms with Crippen molar-refractivity contribution in [2.75, 3.05) is 11.4 Å². The lowest BCUT2D eigenvalue weighted by molar-refractivity contribution is 0.611. The van der Waals surface area contributed by atoms with Crippen molar-refractivity contribution in [3.8, 4) is 0 Å². The summed E-state index contributed by atoms with van der Waals surface area (Å²) in [5, 5.41) is 0.885. The Balaban J connectivity index is 2.14. The fraction of sp³-hybridized carbons (Fsp3) is 0.615. The predicted octanol–water partition coefficient (Wildman–Crippen LogP) is 3.75. The van der Waals surface area contributed by atoms with E-state index in [1.807, 2.05) is 6.20 Å². The van der Waals surface area contributed by atoms with E-state index in [9.17, 15) is 0 Å². The molecule has 88 valence electrons. The zero-order chi connectivity index (χ0) is 11.4. The minimum atomic E-state index is 0.629. The number of halogens is 1. The third-order valence-electron chi connectivity index (χ3n) is 3.31. The largest absolute Gasteiger partial charge is 0.354 e. The summed E-state index contributed by atoms with van der Waals surface area (Å²) in [6.07, 6.45) is 7.28. The summed E-state index contributed by atoms with van der Waals surface area (Å²) in [5.74, 6) is 1.14. The maximum absolute atomic E-state index is 4.56. The number of alkyl halides is 1. The zero-order valence-corrected chi connectivity index (χ0v) is 11.4. The van der Waals surface area contributed by atoms with E-state index in [-0.39, 0.29) is 0 Å². The molecule has 1 unspecified atom stereocenters. The molecule has 1 fully saturated rings. The van der Waals surface area contributed by atoms with Crippen LogP contribution in [0.2, 0.25) is 0 Å². The van der Waals surface area contributed by atoms with Gasteiger partial charge in [0.05, 0.1) is 0 Å². The van der Waals surface area contributed by atoms with Crippen molar-refractivity contribution in [2.45, 2.75) is 44.0 Å². The zero-order valence-electron chi connectivity index (χ0n) is 9.82. The fourth-order valence-corrected chi connectivity index (χ4v) is 2.61. The number of nitrogens with zero attached hydrogens (tertiary/aromatic N) is 2. The molecule has 3 heteroatoms. The van der Waals surface area contributed by atoms with Crippen LogP contribution >= 0.6 is 15.9 Å². The Labute approximate surface area is 106 Å². The molecule has 1 aromatic heterocycles. The van der Waals surface area contributed by atoms with E-state index < -0.39 is 0 Å². The van der Waals surface area contributed by atoms with Gasteiger partial charge in [0.25, 0.3) is 0 Å². The smallest absolute Gasteiger partial charge is 0.128 e. The molecule has 1 aromatic rings. The Hall–Kier alpha value is -0.570. The van der Waals surface area contributed by atoms with E-state index in [4.69, 9.17) is 0 Å². The third-order valence-corrected chi connectivity index (χ3v) is 3.96. The number of hydrogen-bond donors (Lipinski definition) is 0. The highest BCUT2D eigenvalue weighted by molar-refractivity contribution is 9.08. The molecule has 1 aliphatic rings. The van der Waals surface area contributed by atoms with Crippen LogP contribution in [0.1, 0.15) is 38.2 Å². The number of aromatic nitrogens is 1. The third kappa shape index (κ3) is 2.76. The first-order chi connectivity index (χ1) is 7.81. The molecule has 1 saturated heterocycles. The second kappa shape index (κ2) is 5.67. The molecule has 0 aromatic carbocycles. The lowest BCUT2D eigenvalue weighted by Crippen LogP contribution is -2.33. The molecule has 2 heterocycles. The van der Waals surface area contributed by atoms with E-state index in [2.05, 4.69) is 44.9 Å². The highest BCUT2D eigenvalue weighted by Crippen LogP contribution is 2.22. The lowest BCUT2D eigenvalue weighted by Gasteiger charge is -2.28. The first kappa shape index (κ1) is 11.9. The van der Waals surface area contributed by atoms with Crippen molar-refractivity contribution in [2.24, 2.45) is 0 Å². The van der Waals surface area contributed by atoms with Crippen LogP contribution in [0.25, 0.3) is 0 Å². The summed E-state index contributed by atoms with van der Waals surface area (Å²) < 4.78 is 0. The topological polar surface area (TPSA) is 16.1 Å². The van der Waals surface area contributed by atoms with Gasteiger partial charge in [-0.3, -0.25) is 0 Å². The van der Waals surface area contributed by atoms with Gasteiger partial charge in [-0.1, -0.05) is 34.8 Å². The van der Waals surface area contributed by atoms with Gasteiger partial charge in [0.1, 0.15) is 5.82 Å². The second-order valence-electron chi connectivity index (χ2n) is 4.55. The van der Waals surface area contributed by atoms with Crippen molar-refractivity contribution in [3.05, 3.63) is 23.9 Å². The van der Waals surface area contributed by atoms with E-state index in [1.54, 1.807) is 0 Å². The van der Waals surface area contributed by atoms with Gasteiger partial charge >= 0.3 is 0 Å². The molecule has 0 amide bonds. The molecule has 16 heavy (non-hydrogen) atoms. The molecule has 2 nitrogen and oxygen atoms in total. The van der Waals surface area contributed by atoms with E-state index >= 15 is 0 Å². The molecule has 0 radical (unpaired) electrons. The Kier molecular flexibility index (Phi) is 4.22. The molecule has 2 rings (SSSR count). The predicted molar refractivity (Wildman–Crippen MR) is 72.1 cm³/mol. The fourth-order valence-electron chi connectivity index (χ4n) is 2.28. The van der Waals surface area contributed by atoms with Gasteiger partial charge in [0.15, 0.2) is 0 Å². The summed E-state index contributed by atoms with van der Waals surface area (Å²) >= 11 is 3.45. The monoisotopic (exact) mass is 282 g/mol. The van der Waals surface area contributed by atoms with Crippen LogP contribution < -0.4 is 4.90 Å². The van der Waals surface area contributed by atoms with Gasteiger partial charge < -0.3 is 4.90 Å². The number of hydrogen-bond acceptors (Lipinski definition) is 2. The average Bonchev–Trinajstić information content (AvgIpc) is 2.54. The summed E-state index contributed by atoms with van der Waals surface area (Å²) in [6, 6.07) is 4.94. The van der Waals surface area contributed by atoms with E-state index in [0.717, 1.165) is 17.7 Å². The van der Waals surface area contributed by atoms with Crippen molar-refractivity contribution in [1.29, 1.82) is 0 Å². The Bertz CT molecular complexity index is 323. The Morgan fingerprint density at radius 3 is 2.94 bits per heavy atom. The van der Waals surface area contributed by atoms with Crippen LogP contribution in [0.4, 0.5) is 5.82 Å². The van der Waals surface area contributed by atoms with Crippen LogP contribution in [0.3, 0.4) is 0 Å². The van der Waals surface area contributed by atoms with Gasteiger partial charge in [-0.05, 0) is 31.4 Å². The number of pyridine rings is 1. The molecule has 1 aliphatic heterocycles. The van der Waals surface area contributed by atoms with Crippen LogP contribution in [-0.2, 0) is 5.33 Å². The van der Waals surface area contributed by atoms with E-state index in [0.29, 0.717) is 6.04 Å². The van der Waals surface area contributed by atoms with Crippen molar-refractivity contribution < 1.29 is 0 Å². The highest BCUT2D eigenvalue weighted by atomic mass is 79.9. The second-order valence-corrected chi connectivity index (χ2v) is 5.11. The summed E-state index contributed by atoms with van der Waals surface area (Å²) in [4.78, 5) is 7.01. The van der Waals surface area contributed by atoms with Crippen LogP contribution in [-0.4, -0.2) is 17.6 Å². The van der Waals surface area contributed by atoms with Gasteiger partial charge in [0, 0.05) is 24.1 Å². The van der Waals surface area contributed by atoms with Crippen LogP contribution in [0, 0.1) is 0 Å². The molecule has 0 saturated carbocycles. The van der Waals surface area contributed by atoms with Crippen molar-refractivity contribution in [3.63, 3.8) is 0 Å². The summed E-state index contributed by atoms with van der Waals surface area (Å²) in [5.41, 5.74) is 1.24. The standard InChI is InChI=1S/C13H19BrN2/c1-11-5-3-2-4-8-16(11)13-7-6-12(9-14)10-15-13/h6-7,10-11H,2-5,8-9H2,1H3. The average molecular weight is 283 g/mol. The van der Waals surface area contributed by atoms with Gasteiger partial charge in [0.2, 0.25) is 0 Å². The molecule has 0 N–H and O–H groups in total.